The van der Waals surface area contributed by atoms with Crippen molar-refractivity contribution in [3.05, 3.63) is 0 Å². The number of ether oxygens (including phenoxy) is 2. The molecular weight excluding hydrogens is 192 g/mol. The first-order valence-electron chi connectivity index (χ1n) is 6.01. The van der Waals surface area contributed by atoms with Crippen molar-refractivity contribution in [1.82, 2.24) is 0 Å². The standard InChI is InChI=1S/C12H24O3/c1-4-7-9-15-12(13)10-11(6-3)14-8-5-2/h11H,4-10H2,1-3H3. The van der Waals surface area contributed by atoms with Crippen LogP contribution in [0.25, 0.3) is 0 Å². The van der Waals surface area contributed by atoms with E-state index in [0.29, 0.717) is 13.0 Å². The van der Waals surface area contributed by atoms with Gasteiger partial charge in [-0.3, -0.25) is 4.79 Å². The Balaban J connectivity index is 3.60. The highest BCUT2D eigenvalue weighted by atomic mass is 16.5. The number of hydrogen-bond acceptors (Lipinski definition) is 3. The maximum atomic E-state index is 11.3. The van der Waals surface area contributed by atoms with Gasteiger partial charge in [-0.1, -0.05) is 27.2 Å². The van der Waals surface area contributed by atoms with Gasteiger partial charge in [0.05, 0.1) is 19.1 Å². The molecule has 0 N–H and O–H groups in total. The zero-order valence-corrected chi connectivity index (χ0v) is 10.3. The van der Waals surface area contributed by atoms with Crippen molar-refractivity contribution in [2.24, 2.45) is 0 Å². The Morgan fingerprint density at radius 1 is 1.13 bits per heavy atom. The van der Waals surface area contributed by atoms with Crippen molar-refractivity contribution < 1.29 is 14.3 Å². The second-order valence-corrected chi connectivity index (χ2v) is 3.68. The topological polar surface area (TPSA) is 35.5 Å². The number of carbonyl (C=O) groups excluding carboxylic acids is 1. The van der Waals surface area contributed by atoms with Crippen molar-refractivity contribution in [2.45, 2.75) is 59.0 Å². The maximum absolute atomic E-state index is 11.3. The molecule has 3 nitrogen and oxygen atoms in total. The molecule has 90 valence electrons. The van der Waals surface area contributed by atoms with E-state index in [-0.39, 0.29) is 12.1 Å². The van der Waals surface area contributed by atoms with Crippen LogP contribution in [0.2, 0.25) is 0 Å². The maximum Gasteiger partial charge on any atom is 0.308 e. The normalized spacial score (nSPS) is 12.5. The Labute approximate surface area is 93.1 Å². The molecule has 0 aliphatic heterocycles. The second-order valence-electron chi connectivity index (χ2n) is 3.68. The van der Waals surface area contributed by atoms with Gasteiger partial charge >= 0.3 is 5.97 Å². The van der Waals surface area contributed by atoms with Crippen LogP contribution < -0.4 is 0 Å². The third kappa shape index (κ3) is 8.43. The molecule has 0 heterocycles. The highest BCUT2D eigenvalue weighted by Crippen LogP contribution is 2.06. The molecule has 1 unspecified atom stereocenters. The minimum atomic E-state index is -0.133. The summed E-state index contributed by atoms with van der Waals surface area (Å²) in [5.74, 6) is -0.133. The molecule has 0 aromatic carbocycles. The van der Waals surface area contributed by atoms with Crippen LogP contribution in [0.1, 0.15) is 52.9 Å². The minimum Gasteiger partial charge on any atom is -0.466 e. The van der Waals surface area contributed by atoms with Crippen molar-refractivity contribution in [2.75, 3.05) is 13.2 Å². The first kappa shape index (κ1) is 14.4. The van der Waals surface area contributed by atoms with Crippen LogP contribution >= 0.6 is 0 Å². The SMILES string of the molecule is CCCCOC(=O)CC(CC)OCCC. The van der Waals surface area contributed by atoms with E-state index in [0.717, 1.165) is 32.3 Å². The summed E-state index contributed by atoms with van der Waals surface area (Å²) in [6.07, 6.45) is 4.26. The van der Waals surface area contributed by atoms with Gasteiger partial charge in [-0.2, -0.15) is 0 Å². The van der Waals surface area contributed by atoms with Crippen LogP contribution in [-0.4, -0.2) is 25.3 Å². The molecule has 0 saturated heterocycles. The summed E-state index contributed by atoms with van der Waals surface area (Å²) < 4.78 is 10.6. The van der Waals surface area contributed by atoms with Crippen LogP contribution in [0.15, 0.2) is 0 Å². The third-order valence-electron chi connectivity index (χ3n) is 2.17. The Kier molecular flexibility index (Phi) is 9.59. The molecule has 0 spiro atoms. The summed E-state index contributed by atoms with van der Waals surface area (Å²) in [4.78, 5) is 11.3. The van der Waals surface area contributed by atoms with Crippen LogP contribution in [0.4, 0.5) is 0 Å². The van der Waals surface area contributed by atoms with Crippen molar-refractivity contribution >= 4 is 5.97 Å². The monoisotopic (exact) mass is 216 g/mol. The van der Waals surface area contributed by atoms with Crippen LogP contribution in [0.5, 0.6) is 0 Å². The highest BCUT2D eigenvalue weighted by Gasteiger charge is 2.12. The van der Waals surface area contributed by atoms with E-state index < -0.39 is 0 Å². The molecule has 0 aliphatic carbocycles. The molecule has 0 fully saturated rings. The minimum absolute atomic E-state index is 0.0269. The van der Waals surface area contributed by atoms with Crippen molar-refractivity contribution in [3.63, 3.8) is 0 Å². The molecule has 0 bridgehead atoms. The summed E-state index contributed by atoms with van der Waals surface area (Å²) >= 11 is 0. The molecule has 0 radical (unpaired) electrons. The number of esters is 1. The van der Waals surface area contributed by atoms with Gasteiger partial charge in [0.25, 0.3) is 0 Å². The van der Waals surface area contributed by atoms with E-state index in [4.69, 9.17) is 9.47 Å². The predicted molar refractivity (Wildman–Crippen MR) is 60.8 cm³/mol. The molecular formula is C12H24O3. The number of carbonyl (C=O) groups is 1. The Hall–Kier alpha value is -0.570. The van der Waals surface area contributed by atoms with Gasteiger partial charge in [0.1, 0.15) is 0 Å². The highest BCUT2D eigenvalue weighted by molar-refractivity contribution is 5.69. The van der Waals surface area contributed by atoms with E-state index in [1.807, 2.05) is 6.92 Å². The molecule has 3 heteroatoms. The summed E-state index contributed by atoms with van der Waals surface area (Å²) in [5.41, 5.74) is 0. The first-order chi connectivity index (χ1) is 7.24. The van der Waals surface area contributed by atoms with Gasteiger partial charge in [-0.15, -0.1) is 0 Å². The average molecular weight is 216 g/mol. The smallest absolute Gasteiger partial charge is 0.308 e. The lowest BCUT2D eigenvalue weighted by Crippen LogP contribution is -2.19. The van der Waals surface area contributed by atoms with Gasteiger partial charge in [0, 0.05) is 6.61 Å². The lowest BCUT2D eigenvalue weighted by Gasteiger charge is -2.14. The fraction of sp³-hybridized carbons (Fsp3) is 0.917. The molecule has 0 rings (SSSR count). The lowest BCUT2D eigenvalue weighted by molar-refractivity contribution is -0.147. The summed E-state index contributed by atoms with van der Waals surface area (Å²) in [7, 11) is 0. The zero-order valence-electron chi connectivity index (χ0n) is 10.3. The number of hydrogen-bond donors (Lipinski definition) is 0. The van der Waals surface area contributed by atoms with E-state index in [9.17, 15) is 4.79 Å². The van der Waals surface area contributed by atoms with Gasteiger partial charge < -0.3 is 9.47 Å². The van der Waals surface area contributed by atoms with Gasteiger partial charge in [0.15, 0.2) is 0 Å². The van der Waals surface area contributed by atoms with Crippen LogP contribution in [-0.2, 0) is 14.3 Å². The van der Waals surface area contributed by atoms with E-state index >= 15 is 0 Å². The quantitative estimate of drug-likeness (QED) is 0.439. The summed E-state index contributed by atoms with van der Waals surface area (Å²) in [6.45, 7) is 7.43. The molecule has 0 aromatic rings. The Morgan fingerprint density at radius 2 is 1.87 bits per heavy atom. The number of unbranched alkanes of at least 4 members (excludes halogenated alkanes) is 1. The largest absolute Gasteiger partial charge is 0.466 e. The second kappa shape index (κ2) is 9.97. The van der Waals surface area contributed by atoms with Crippen LogP contribution in [0.3, 0.4) is 0 Å². The van der Waals surface area contributed by atoms with E-state index in [1.165, 1.54) is 0 Å². The van der Waals surface area contributed by atoms with E-state index in [2.05, 4.69) is 13.8 Å². The molecule has 15 heavy (non-hydrogen) atoms. The lowest BCUT2D eigenvalue weighted by atomic mass is 10.2. The van der Waals surface area contributed by atoms with Gasteiger partial charge in [-0.25, -0.2) is 0 Å². The van der Waals surface area contributed by atoms with Gasteiger partial charge in [-0.05, 0) is 19.3 Å². The first-order valence-corrected chi connectivity index (χ1v) is 6.01. The van der Waals surface area contributed by atoms with Crippen molar-refractivity contribution in [3.8, 4) is 0 Å². The van der Waals surface area contributed by atoms with Crippen molar-refractivity contribution in [1.29, 1.82) is 0 Å². The molecule has 0 amide bonds. The van der Waals surface area contributed by atoms with Crippen LogP contribution in [0, 0.1) is 0 Å². The fourth-order valence-electron chi connectivity index (χ4n) is 1.18. The summed E-state index contributed by atoms with van der Waals surface area (Å²) in [5, 5.41) is 0. The average Bonchev–Trinajstić information content (AvgIpc) is 2.24. The number of rotatable bonds is 9. The Morgan fingerprint density at radius 3 is 2.40 bits per heavy atom. The Bertz CT molecular complexity index is 157. The van der Waals surface area contributed by atoms with E-state index in [1.54, 1.807) is 0 Å². The molecule has 0 aliphatic rings. The predicted octanol–water partition coefficient (Wildman–Crippen LogP) is 2.93. The molecule has 1 atom stereocenters. The zero-order chi connectivity index (χ0) is 11.5. The summed E-state index contributed by atoms with van der Waals surface area (Å²) in [6, 6.07) is 0. The molecule has 0 aromatic heterocycles. The molecule has 0 saturated carbocycles. The fourth-order valence-corrected chi connectivity index (χ4v) is 1.18. The third-order valence-corrected chi connectivity index (χ3v) is 2.17. The van der Waals surface area contributed by atoms with Gasteiger partial charge in [0.2, 0.25) is 0 Å².